The smallest absolute Gasteiger partial charge is 0.296 e. The minimum atomic E-state index is -0.975. The van der Waals surface area contributed by atoms with Crippen LogP contribution >= 0.6 is 34.7 Å². The van der Waals surface area contributed by atoms with Crippen molar-refractivity contribution in [2.24, 2.45) is 0 Å². The number of amides is 1. The van der Waals surface area contributed by atoms with Gasteiger partial charge in [-0.25, -0.2) is 0 Å². The van der Waals surface area contributed by atoms with Crippen molar-refractivity contribution in [2.45, 2.75) is 30.0 Å². The Hall–Kier alpha value is -4.12. The number of allylic oxidation sites excluding steroid dienone is 1. The summed E-state index contributed by atoms with van der Waals surface area (Å²) in [6.07, 6.45) is 3.00. The zero-order valence-electron chi connectivity index (χ0n) is 23.4. The monoisotopic (exact) mass is 633 g/mol. The zero-order chi connectivity index (χ0) is 30.3. The van der Waals surface area contributed by atoms with E-state index < -0.39 is 23.5 Å². The number of hydrogen-bond acceptors (Lipinski definition) is 9. The third-order valence-corrected chi connectivity index (χ3v) is 8.84. The van der Waals surface area contributed by atoms with Crippen molar-refractivity contribution < 1.29 is 24.2 Å². The lowest BCUT2D eigenvalue weighted by Gasteiger charge is -2.24. The van der Waals surface area contributed by atoms with Gasteiger partial charge in [0.2, 0.25) is 5.13 Å². The molecule has 3 aromatic carbocycles. The Bertz CT molecular complexity index is 1670. The van der Waals surface area contributed by atoms with Crippen LogP contribution in [-0.2, 0) is 15.3 Å². The van der Waals surface area contributed by atoms with E-state index >= 15 is 0 Å². The number of ether oxygens (including phenoxy) is 2. The number of aliphatic hydroxyl groups is 1. The van der Waals surface area contributed by atoms with Crippen LogP contribution in [0, 0.1) is 0 Å². The summed E-state index contributed by atoms with van der Waals surface area (Å²) in [7, 11) is 0. The van der Waals surface area contributed by atoms with Crippen LogP contribution in [-0.4, -0.2) is 40.2 Å². The topological polar surface area (TPSA) is 102 Å². The number of nitrogens with zero attached hydrogens (tertiary/aromatic N) is 3. The lowest BCUT2D eigenvalue weighted by Crippen LogP contribution is -2.31. The highest BCUT2D eigenvalue weighted by molar-refractivity contribution is 8.00. The maximum Gasteiger partial charge on any atom is 0.296 e. The number of aliphatic hydroxyl groups excluding tert-OH is 1. The van der Waals surface area contributed by atoms with E-state index in [0.29, 0.717) is 45.4 Å². The Kier molecular flexibility index (Phi) is 9.81. The van der Waals surface area contributed by atoms with E-state index in [1.54, 1.807) is 24.3 Å². The third-order valence-electron chi connectivity index (χ3n) is 6.46. The van der Waals surface area contributed by atoms with Gasteiger partial charge in [-0.2, -0.15) is 0 Å². The number of ketones is 1. The van der Waals surface area contributed by atoms with Gasteiger partial charge in [-0.3, -0.25) is 14.5 Å². The summed E-state index contributed by atoms with van der Waals surface area (Å²) in [6, 6.07) is 21.1. The number of thioether (sulfide) groups is 1. The SMILES string of the molecule is CCOc1ccc(C2C(C(=O)/C=C/c3ccccc3)=C(O)C(=O)N2c2nnc(SCc3ccc(Cl)cc3)s2)cc1OCC. The molecule has 0 bridgehead atoms. The highest BCUT2D eigenvalue weighted by atomic mass is 35.5. The standard InChI is InChI=1S/C32H28ClN3O5S2/c1-3-40-25-17-13-22(18-26(25)41-4-2)28-27(24(37)16-12-20-8-6-5-7-9-20)29(38)30(39)36(28)31-34-35-32(43-31)42-19-21-10-14-23(33)15-11-21/h5-18,28,38H,3-4,19H2,1-2H3/b16-12+. The fourth-order valence-electron chi connectivity index (χ4n) is 4.52. The summed E-state index contributed by atoms with van der Waals surface area (Å²) >= 11 is 8.66. The molecule has 0 spiro atoms. The number of halogens is 1. The number of carbonyl (C=O) groups is 2. The molecule has 1 aliphatic rings. The van der Waals surface area contributed by atoms with Crippen molar-refractivity contribution in [3.05, 3.63) is 112 Å². The third kappa shape index (κ3) is 6.93. The maximum absolute atomic E-state index is 13.6. The Balaban J connectivity index is 1.51. The second kappa shape index (κ2) is 13.9. The van der Waals surface area contributed by atoms with Crippen molar-refractivity contribution in [1.29, 1.82) is 0 Å². The van der Waals surface area contributed by atoms with Gasteiger partial charge in [0.1, 0.15) is 0 Å². The minimum absolute atomic E-state index is 0.0608. The first-order valence-electron chi connectivity index (χ1n) is 13.5. The van der Waals surface area contributed by atoms with Gasteiger partial charge in [-0.1, -0.05) is 89.3 Å². The number of benzene rings is 3. The molecule has 1 amide bonds. The Morgan fingerprint density at radius 3 is 2.47 bits per heavy atom. The molecule has 1 N–H and O–H groups in total. The Morgan fingerprint density at radius 1 is 1.02 bits per heavy atom. The first-order valence-corrected chi connectivity index (χ1v) is 15.7. The molecule has 1 aromatic heterocycles. The molecule has 0 aliphatic carbocycles. The fraction of sp³-hybridized carbons (Fsp3) is 0.188. The molecule has 4 aromatic rings. The van der Waals surface area contributed by atoms with Gasteiger partial charge < -0.3 is 14.6 Å². The molecular weight excluding hydrogens is 606 g/mol. The summed E-state index contributed by atoms with van der Waals surface area (Å²) in [5.74, 6) is -0.258. The van der Waals surface area contributed by atoms with Crippen LogP contribution < -0.4 is 14.4 Å². The highest BCUT2D eigenvalue weighted by Gasteiger charge is 2.45. The van der Waals surface area contributed by atoms with Crippen LogP contribution in [0.1, 0.15) is 36.6 Å². The van der Waals surface area contributed by atoms with Crippen molar-refractivity contribution in [3.63, 3.8) is 0 Å². The van der Waals surface area contributed by atoms with Crippen molar-refractivity contribution >= 4 is 57.6 Å². The molecular formula is C32H28ClN3O5S2. The maximum atomic E-state index is 13.6. The second-order valence-electron chi connectivity index (χ2n) is 9.29. The summed E-state index contributed by atoms with van der Waals surface area (Å²) < 4.78 is 12.2. The highest BCUT2D eigenvalue weighted by Crippen LogP contribution is 2.45. The zero-order valence-corrected chi connectivity index (χ0v) is 25.8. The number of carbonyl (C=O) groups excluding carboxylic acids is 2. The molecule has 0 fully saturated rings. The van der Waals surface area contributed by atoms with E-state index in [1.807, 2.05) is 68.4 Å². The second-order valence-corrected chi connectivity index (χ2v) is 11.9. The predicted molar refractivity (Wildman–Crippen MR) is 170 cm³/mol. The summed E-state index contributed by atoms with van der Waals surface area (Å²) in [4.78, 5) is 28.5. The van der Waals surface area contributed by atoms with Gasteiger partial charge >= 0.3 is 0 Å². The number of aromatic nitrogens is 2. The summed E-state index contributed by atoms with van der Waals surface area (Å²) in [6.45, 7) is 4.54. The van der Waals surface area contributed by atoms with Crippen molar-refractivity contribution in [3.8, 4) is 11.5 Å². The molecule has 0 saturated carbocycles. The van der Waals surface area contributed by atoms with Gasteiger partial charge in [0.25, 0.3) is 5.91 Å². The van der Waals surface area contributed by atoms with Crippen LogP contribution in [0.15, 0.2) is 94.5 Å². The van der Waals surface area contributed by atoms with E-state index in [4.69, 9.17) is 21.1 Å². The molecule has 0 radical (unpaired) electrons. The van der Waals surface area contributed by atoms with Crippen LogP contribution in [0.3, 0.4) is 0 Å². The average molecular weight is 634 g/mol. The van der Waals surface area contributed by atoms with Gasteiger partial charge in [-0.05, 0) is 60.9 Å². The predicted octanol–water partition coefficient (Wildman–Crippen LogP) is 7.46. The molecule has 11 heteroatoms. The van der Waals surface area contributed by atoms with Gasteiger partial charge in [0.15, 0.2) is 27.4 Å². The molecule has 2 heterocycles. The largest absolute Gasteiger partial charge is 0.503 e. The lowest BCUT2D eigenvalue weighted by molar-refractivity contribution is -0.117. The van der Waals surface area contributed by atoms with Crippen LogP contribution in [0.25, 0.3) is 6.08 Å². The molecule has 220 valence electrons. The molecule has 1 unspecified atom stereocenters. The first kappa shape index (κ1) is 30.3. The Labute approximate surface area is 262 Å². The quantitative estimate of drug-likeness (QED) is 0.0974. The van der Waals surface area contributed by atoms with E-state index in [9.17, 15) is 14.7 Å². The van der Waals surface area contributed by atoms with E-state index in [1.165, 1.54) is 34.1 Å². The first-order chi connectivity index (χ1) is 20.9. The molecule has 43 heavy (non-hydrogen) atoms. The van der Waals surface area contributed by atoms with Crippen molar-refractivity contribution in [1.82, 2.24) is 10.2 Å². The molecule has 5 rings (SSSR count). The Morgan fingerprint density at radius 2 is 1.74 bits per heavy atom. The number of anilines is 1. The van der Waals surface area contributed by atoms with Gasteiger partial charge in [0.05, 0.1) is 24.8 Å². The lowest BCUT2D eigenvalue weighted by atomic mass is 9.95. The van der Waals surface area contributed by atoms with Crippen molar-refractivity contribution in [2.75, 3.05) is 18.1 Å². The van der Waals surface area contributed by atoms with Crippen LogP contribution in [0.5, 0.6) is 11.5 Å². The van der Waals surface area contributed by atoms with E-state index in [-0.39, 0.29) is 10.7 Å². The van der Waals surface area contributed by atoms with Crippen LogP contribution in [0.2, 0.25) is 5.02 Å². The molecule has 0 saturated heterocycles. The van der Waals surface area contributed by atoms with Gasteiger partial charge in [-0.15, -0.1) is 10.2 Å². The van der Waals surface area contributed by atoms with Gasteiger partial charge in [0, 0.05) is 10.8 Å². The number of rotatable bonds is 12. The normalized spacial score (nSPS) is 15.0. The molecule has 8 nitrogen and oxygen atoms in total. The summed E-state index contributed by atoms with van der Waals surface area (Å²) in [5.41, 5.74) is 2.34. The number of hydrogen-bond donors (Lipinski definition) is 1. The average Bonchev–Trinajstić information content (AvgIpc) is 3.59. The minimum Gasteiger partial charge on any atom is -0.503 e. The van der Waals surface area contributed by atoms with E-state index in [0.717, 1.165) is 11.1 Å². The fourth-order valence-corrected chi connectivity index (χ4v) is 6.47. The van der Waals surface area contributed by atoms with E-state index in [2.05, 4.69) is 10.2 Å². The molecule has 1 aliphatic heterocycles. The van der Waals surface area contributed by atoms with Crippen LogP contribution in [0.4, 0.5) is 5.13 Å². The summed E-state index contributed by atoms with van der Waals surface area (Å²) in [5, 5.41) is 20.6. The molecule has 1 atom stereocenters.